The van der Waals surface area contributed by atoms with E-state index in [-0.39, 0.29) is 22.0 Å². The standard InChI is InChI=1S/C21H14ClFO3/c22-18-9-16-20(10-19(18)24)26-11-17(21(16)25)14-3-1-12(2-4-14)13-5-7-15(23)8-6-13/h1,3,5-11,24H,2,4H2. The van der Waals surface area contributed by atoms with Gasteiger partial charge in [-0.3, -0.25) is 4.79 Å². The Morgan fingerprint density at radius 1 is 1.04 bits per heavy atom. The first-order chi connectivity index (χ1) is 12.5. The van der Waals surface area contributed by atoms with E-state index in [0.29, 0.717) is 23.0 Å². The summed E-state index contributed by atoms with van der Waals surface area (Å²) in [7, 11) is 0. The van der Waals surface area contributed by atoms with Crippen molar-refractivity contribution in [2.45, 2.75) is 12.8 Å². The molecule has 1 aromatic heterocycles. The summed E-state index contributed by atoms with van der Waals surface area (Å²) in [4.78, 5) is 12.8. The summed E-state index contributed by atoms with van der Waals surface area (Å²) in [6, 6.07) is 9.13. The molecule has 0 unspecified atom stereocenters. The third kappa shape index (κ3) is 2.93. The van der Waals surface area contributed by atoms with E-state index >= 15 is 0 Å². The van der Waals surface area contributed by atoms with Crippen molar-refractivity contribution in [1.82, 2.24) is 0 Å². The number of benzene rings is 2. The third-order valence-corrected chi connectivity index (χ3v) is 4.86. The lowest BCUT2D eigenvalue weighted by molar-refractivity contribution is 0.474. The van der Waals surface area contributed by atoms with Crippen LogP contribution in [0.2, 0.25) is 5.02 Å². The van der Waals surface area contributed by atoms with Crippen LogP contribution in [0.4, 0.5) is 4.39 Å². The molecule has 0 spiro atoms. The number of phenolic OH excluding ortho intramolecular Hbond substituents is 1. The van der Waals surface area contributed by atoms with Gasteiger partial charge in [0.05, 0.1) is 16.0 Å². The number of rotatable bonds is 2. The van der Waals surface area contributed by atoms with Crippen LogP contribution in [0, 0.1) is 5.82 Å². The van der Waals surface area contributed by atoms with Crippen LogP contribution >= 0.6 is 11.6 Å². The molecule has 3 aromatic rings. The molecule has 0 bridgehead atoms. The minimum absolute atomic E-state index is 0.109. The molecule has 5 heteroatoms. The topological polar surface area (TPSA) is 50.4 Å². The van der Waals surface area contributed by atoms with E-state index in [1.54, 1.807) is 12.1 Å². The van der Waals surface area contributed by atoms with Crippen LogP contribution < -0.4 is 5.43 Å². The minimum atomic E-state index is -0.264. The van der Waals surface area contributed by atoms with Crippen LogP contribution in [0.15, 0.2) is 64.0 Å². The van der Waals surface area contributed by atoms with Crippen LogP contribution in [0.25, 0.3) is 22.1 Å². The van der Waals surface area contributed by atoms with Gasteiger partial charge in [-0.25, -0.2) is 4.39 Å². The predicted octanol–water partition coefficient (Wildman–Crippen LogP) is 5.55. The Hall–Kier alpha value is -2.85. The number of phenols is 1. The van der Waals surface area contributed by atoms with Gasteiger partial charge in [0.25, 0.3) is 0 Å². The molecular weight excluding hydrogens is 355 g/mol. The van der Waals surface area contributed by atoms with Crippen molar-refractivity contribution in [3.05, 3.63) is 87.0 Å². The summed E-state index contributed by atoms with van der Waals surface area (Å²) in [5, 5.41) is 10.1. The first kappa shape index (κ1) is 16.6. The summed E-state index contributed by atoms with van der Waals surface area (Å²) in [5.74, 6) is -0.390. The molecule has 1 N–H and O–H groups in total. The average molecular weight is 369 g/mol. The Balaban J connectivity index is 1.74. The van der Waals surface area contributed by atoms with Gasteiger partial charge >= 0.3 is 0 Å². The molecule has 1 heterocycles. The van der Waals surface area contributed by atoms with Gasteiger partial charge in [-0.2, -0.15) is 0 Å². The van der Waals surface area contributed by atoms with Crippen molar-refractivity contribution in [2.24, 2.45) is 0 Å². The van der Waals surface area contributed by atoms with Gasteiger partial charge in [0, 0.05) is 6.07 Å². The number of aromatic hydroxyl groups is 1. The maximum atomic E-state index is 13.1. The first-order valence-corrected chi connectivity index (χ1v) is 8.51. The molecule has 0 amide bonds. The van der Waals surface area contributed by atoms with E-state index in [9.17, 15) is 14.3 Å². The van der Waals surface area contributed by atoms with Crippen molar-refractivity contribution in [2.75, 3.05) is 0 Å². The number of allylic oxidation sites excluding steroid dienone is 4. The van der Waals surface area contributed by atoms with E-state index in [4.69, 9.17) is 16.0 Å². The SMILES string of the molecule is O=c1c(C2=CC=C(c3ccc(F)cc3)CC2)coc2cc(O)c(Cl)cc12. The van der Waals surface area contributed by atoms with Gasteiger partial charge in [0.15, 0.2) is 5.43 Å². The number of fused-ring (bicyclic) bond motifs is 1. The van der Waals surface area contributed by atoms with Crippen molar-refractivity contribution in [3.63, 3.8) is 0 Å². The zero-order chi connectivity index (χ0) is 18.3. The van der Waals surface area contributed by atoms with Crippen molar-refractivity contribution >= 4 is 33.7 Å². The highest BCUT2D eigenvalue weighted by Gasteiger charge is 2.16. The largest absolute Gasteiger partial charge is 0.506 e. The molecule has 26 heavy (non-hydrogen) atoms. The van der Waals surface area contributed by atoms with Crippen LogP contribution in [0.1, 0.15) is 24.0 Å². The van der Waals surface area contributed by atoms with Crippen molar-refractivity contribution in [1.29, 1.82) is 0 Å². The molecule has 1 aliphatic rings. The molecule has 1 aliphatic carbocycles. The molecule has 4 rings (SSSR count). The lowest BCUT2D eigenvalue weighted by Crippen LogP contribution is -2.09. The van der Waals surface area contributed by atoms with Crippen LogP contribution in [-0.2, 0) is 0 Å². The lowest BCUT2D eigenvalue weighted by Gasteiger charge is -2.15. The summed E-state index contributed by atoms with van der Waals surface area (Å²) < 4.78 is 18.6. The average Bonchev–Trinajstić information content (AvgIpc) is 2.65. The fraction of sp³-hybridized carbons (Fsp3) is 0.0952. The van der Waals surface area contributed by atoms with Crippen LogP contribution in [0.5, 0.6) is 5.75 Å². The smallest absolute Gasteiger partial charge is 0.200 e. The van der Waals surface area contributed by atoms with Gasteiger partial charge in [-0.1, -0.05) is 35.9 Å². The fourth-order valence-electron chi connectivity index (χ4n) is 3.13. The highest BCUT2D eigenvalue weighted by molar-refractivity contribution is 6.32. The van der Waals surface area contributed by atoms with Gasteiger partial charge in [-0.15, -0.1) is 0 Å². The van der Waals surface area contributed by atoms with Gasteiger partial charge in [0.1, 0.15) is 23.4 Å². The highest BCUT2D eigenvalue weighted by atomic mass is 35.5. The third-order valence-electron chi connectivity index (χ3n) is 4.55. The van der Waals surface area contributed by atoms with Gasteiger partial charge in [-0.05, 0) is 47.8 Å². The Morgan fingerprint density at radius 3 is 2.42 bits per heavy atom. The molecular formula is C21H14ClFO3. The Labute approximate surface area is 153 Å². The molecule has 0 aliphatic heterocycles. The summed E-state index contributed by atoms with van der Waals surface area (Å²) in [6.45, 7) is 0. The van der Waals surface area contributed by atoms with Crippen LogP contribution in [0.3, 0.4) is 0 Å². The van der Waals surface area contributed by atoms with E-state index in [0.717, 1.165) is 23.1 Å². The maximum absolute atomic E-state index is 13.1. The molecule has 0 saturated heterocycles. The molecule has 130 valence electrons. The second-order valence-electron chi connectivity index (χ2n) is 6.17. The normalized spacial score (nSPS) is 14.2. The zero-order valence-corrected chi connectivity index (χ0v) is 14.4. The van der Waals surface area contributed by atoms with Crippen molar-refractivity contribution < 1.29 is 13.9 Å². The molecule has 3 nitrogen and oxygen atoms in total. The molecule has 0 radical (unpaired) electrons. The van der Waals surface area contributed by atoms with Crippen molar-refractivity contribution in [3.8, 4) is 5.75 Å². The van der Waals surface area contributed by atoms with Gasteiger partial charge in [0.2, 0.25) is 0 Å². The second kappa shape index (κ2) is 6.46. The fourth-order valence-corrected chi connectivity index (χ4v) is 3.29. The van der Waals surface area contributed by atoms with E-state index in [1.165, 1.54) is 30.5 Å². The van der Waals surface area contributed by atoms with E-state index in [1.807, 2.05) is 12.2 Å². The van der Waals surface area contributed by atoms with Crippen LogP contribution in [-0.4, -0.2) is 5.11 Å². The molecule has 0 fully saturated rings. The Kier molecular flexibility index (Phi) is 4.13. The lowest BCUT2D eigenvalue weighted by atomic mass is 9.90. The quantitative estimate of drug-likeness (QED) is 0.645. The number of hydrogen-bond donors (Lipinski definition) is 1. The summed E-state index contributed by atoms with van der Waals surface area (Å²) in [6.07, 6.45) is 6.67. The van der Waals surface area contributed by atoms with Gasteiger partial charge < -0.3 is 9.52 Å². The molecule has 2 aromatic carbocycles. The molecule has 0 atom stereocenters. The minimum Gasteiger partial charge on any atom is -0.506 e. The van der Waals surface area contributed by atoms with E-state index < -0.39 is 0 Å². The predicted molar refractivity (Wildman–Crippen MR) is 101 cm³/mol. The molecule has 0 saturated carbocycles. The number of hydrogen-bond acceptors (Lipinski definition) is 3. The number of halogens is 2. The second-order valence-corrected chi connectivity index (χ2v) is 6.58. The monoisotopic (exact) mass is 368 g/mol. The Bertz CT molecular complexity index is 1120. The zero-order valence-electron chi connectivity index (χ0n) is 13.6. The van der Waals surface area contributed by atoms with E-state index in [2.05, 4.69) is 0 Å². The summed E-state index contributed by atoms with van der Waals surface area (Å²) in [5.41, 5.74) is 3.52. The summed E-state index contributed by atoms with van der Waals surface area (Å²) >= 11 is 5.91. The Morgan fingerprint density at radius 2 is 1.73 bits per heavy atom. The first-order valence-electron chi connectivity index (χ1n) is 8.13. The highest BCUT2D eigenvalue weighted by Crippen LogP contribution is 2.32. The maximum Gasteiger partial charge on any atom is 0.200 e.